The van der Waals surface area contributed by atoms with E-state index in [-0.39, 0.29) is 52.3 Å². The second-order valence-corrected chi connectivity index (χ2v) is 12.9. The van der Waals surface area contributed by atoms with Crippen molar-refractivity contribution in [2.75, 3.05) is 0 Å². The molecule has 0 saturated heterocycles. The quantitative estimate of drug-likeness (QED) is 0.150. The lowest BCUT2D eigenvalue weighted by atomic mass is 9.99. The highest BCUT2D eigenvalue weighted by molar-refractivity contribution is 7.87. The maximum atomic E-state index is 14.4. The molecule has 0 unspecified atom stereocenters. The van der Waals surface area contributed by atoms with Gasteiger partial charge in [0.25, 0.3) is 5.91 Å². The van der Waals surface area contributed by atoms with E-state index < -0.39 is 16.2 Å². The van der Waals surface area contributed by atoms with E-state index in [4.69, 9.17) is 8.92 Å². The first-order valence-corrected chi connectivity index (χ1v) is 16.4. The van der Waals surface area contributed by atoms with Crippen molar-refractivity contribution in [1.82, 2.24) is 9.88 Å². The van der Waals surface area contributed by atoms with Gasteiger partial charge >= 0.3 is 10.1 Å². The summed E-state index contributed by atoms with van der Waals surface area (Å²) in [5.41, 5.74) is 4.13. The number of benzene rings is 5. The molecule has 5 aromatic carbocycles. The molecule has 0 fully saturated rings. The Morgan fingerprint density at radius 3 is 2.09 bits per heavy atom. The number of halogens is 1. The molecule has 2 heterocycles. The fourth-order valence-electron chi connectivity index (χ4n) is 5.81. The molecule has 7 nitrogen and oxygen atoms in total. The number of carbonyl (C=O) groups excluding carboxylic acids is 1. The topological polar surface area (TPSA) is 85.8 Å². The van der Waals surface area contributed by atoms with Crippen LogP contribution in [0.25, 0.3) is 10.9 Å². The summed E-state index contributed by atoms with van der Waals surface area (Å²) < 4.78 is 53.8. The molecule has 9 heteroatoms. The van der Waals surface area contributed by atoms with Crippen molar-refractivity contribution < 1.29 is 26.5 Å². The van der Waals surface area contributed by atoms with Crippen LogP contribution in [-0.2, 0) is 23.2 Å². The Balaban J connectivity index is 1.41. The van der Waals surface area contributed by atoms with E-state index in [0.29, 0.717) is 16.5 Å². The average molecular weight is 645 g/mol. The van der Waals surface area contributed by atoms with Crippen molar-refractivity contribution in [3.63, 3.8) is 0 Å². The highest BCUT2D eigenvalue weighted by atomic mass is 32.2. The molecule has 6 aromatic rings. The summed E-state index contributed by atoms with van der Waals surface area (Å²) in [4.78, 5) is 20.5. The van der Waals surface area contributed by atoms with Crippen LogP contribution < -0.4 is 8.92 Å². The van der Waals surface area contributed by atoms with Crippen molar-refractivity contribution in [2.45, 2.75) is 31.0 Å². The maximum absolute atomic E-state index is 14.4. The van der Waals surface area contributed by atoms with Gasteiger partial charge in [0.05, 0.1) is 12.1 Å². The lowest BCUT2D eigenvalue weighted by Gasteiger charge is -2.23. The first-order valence-electron chi connectivity index (χ1n) is 15.0. The Kier molecular flexibility index (Phi) is 7.91. The zero-order chi connectivity index (χ0) is 32.5. The number of ether oxygens (including phenoxy) is 1. The van der Waals surface area contributed by atoms with E-state index in [0.717, 1.165) is 16.7 Å². The van der Waals surface area contributed by atoms with Gasteiger partial charge in [-0.25, -0.2) is 4.39 Å². The molecule has 0 radical (unpaired) electrons. The van der Waals surface area contributed by atoms with Gasteiger partial charge < -0.3 is 13.8 Å². The first-order chi connectivity index (χ1) is 22.8. The van der Waals surface area contributed by atoms with Crippen LogP contribution in [0.2, 0.25) is 0 Å². The summed E-state index contributed by atoms with van der Waals surface area (Å²) >= 11 is 0. The second-order valence-electron chi connectivity index (χ2n) is 11.4. The minimum absolute atomic E-state index is 0.0157. The number of pyridine rings is 1. The third kappa shape index (κ3) is 5.93. The van der Waals surface area contributed by atoms with Crippen LogP contribution in [-0.4, -0.2) is 24.2 Å². The number of rotatable bonds is 9. The summed E-state index contributed by atoms with van der Waals surface area (Å²) in [6.45, 7) is 2.05. The number of aromatic nitrogens is 1. The van der Waals surface area contributed by atoms with Gasteiger partial charge in [-0.1, -0.05) is 90.5 Å². The highest BCUT2D eigenvalue weighted by Gasteiger charge is 2.39. The molecule has 1 aliphatic rings. The average Bonchev–Trinajstić information content (AvgIpc) is 3.41. The number of amides is 1. The second kappa shape index (κ2) is 12.3. The molecule has 0 aliphatic carbocycles. The summed E-state index contributed by atoms with van der Waals surface area (Å²) in [6.07, 6.45) is 0.948. The smallest absolute Gasteiger partial charge is 0.339 e. The predicted octanol–water partition coefficient (Wildman–Crippen LogP) is 7.77. The highest BCUT2D eigenvalue weighted by Crippen LogP contribution is 2.47. The number of fused-ring (bicyclic) bond motifs is 2. The van der Waals surface area contributed by atoms with Crippen LogP contribution in [0.3, 0.4) is 0 Å². The van der Waals surface area contributed by atoms with Crippen LogP contribution in [0.4, 0.5) is 4.39 Å². The first kappa shape index (κ1) is 30.1. The Labute approximate surface area is 272 Å². The van der Waals surface area contributed by atoms with Crippen LogP contribution in [0.15, 0.2) is 132 Å². The van der Waals surface area contributed by atoms with E-state index in [1.165, 1.54) is 24.3 Å². The van der Waals surface area contributed by atoms with E-state index in [9.17, 15) is 17.6 Å². The third-order valence-corrected chi connectivity index (χ3v) is 9.39. The number of aryl methyl sites for hydroxylation is 1. The zero-order valence-corrected chi connectivity index (χ0v) is 26.2. The van der Waals surface area contributed by atoms with Gasteiger partial charge in [-0.05, 0) is 60.0 Å². The normalized spacial score (nSPS) is 12.8. The Morgan fingerprint density at radius 2 is 1.45 bits per heavy atom. The van der Waals surface area contributed by atoms with Crippen molar-refractivity contribution >= 4 is 26.9 Å². The number of carbonyl (C=O) groups is 1. The zero-order valence-electron chi connectivity index (χ0n) is 25.3. The van der Waals surface area contributed by atoms with Crippen LogP contribution in [0, 0.1) is 12.7 Å². The SMILES string of the molecule is Cc1ccc(S(=O)(=O)Oc2c3c(c(OC(c4ccccc4)c4ccccc4)c4ncccc24)C(=O)N(Cc2ccc(F)cc2)C3)cc1. The number of hydrogen-bond acceptors (Lipinski definition) is 6. The van der Waals surface area contributed by atoms with E-state index in [2.05, 4.69) is 4.98 Å². The molecule has 0 bridgehead atoms. The van der Waals surface area contributed by atoms with Gasteiger partial charge in [-0.3, -0.25) is 9.78 Å². The summed E-state index contributed by atoms with van der Waals surface area (Å²) in [6, 6.07) is 34.9. The third-order valence-electron chi connectivity index (χ3n) is 8.15. The monoisotopic (exact) mass is 644 g/mol. The van der Waals surface area contributed by atoms with Crippen LogP contribution in [0.5, 0.6) is 11.5 Å². The molecule has 1 aromatic heterocycles. The van der Waals surface area contributed by atoms with Crippen molar-refractivity contribution in [1.29, 1.82) is 0 Å². The molecular formula is C38H29FN2O5S. The number of hydrogen-bond donors (Lipinski definition) is 0. The van der Waals surface area contributed by atoms with E-state index in [1.807, 2.05) is 67.6 Å². The predicted molar refractivity (Wildman–Crippen MR) is 176 cm³/mol. The Hall–Kier alpha value is -5.54. The van der Waals surface area contributed by atoms with Gasteiger partial charge in [0.1, 0.15) is 22.3 Å². The Bertz CT molecular complexity index is 2150. The molecule has 1 aliphatic heterocycles. The fourth-order valence-corrected chi connectivity index (χ4v) is 6.79. The van der Waals surface area contributed by atoms with Crippen molar-refractivity contribution in [3.05, 3.63) is 167 Å². The molecule has 7 rings (SSSR count). The van der Waals surface area contributed by atoms with E-state index >= 15 is 0 Å². The summed E-state index contributed by atoms with van der Waals surface area (Å²) in [5, 5.41) is 0.383. The molecular weight excluding hydrogens is 615 g/mol. The molecule has 1 amide bonds. The fraction of sp³-hybridized carbons (Fsp3) is 0.105. The van der Waals surface area contributed by atoms with Gasteiger partial charge in [0, 0.05) is 23.7 Å². The summed E-state index contributed by atoms with van der Waals surface area (Å²) in [7, 11) is -4.30. The van der Waals surface area contributed by atoms with Crippen LogP contribution >= 0.6 is 0 Å². The van der Waals surface area contributed by atoms with Gasteiger partial charge in [0.15, 0.2) is 11.5 Å². The van der Waals surface area contributed by atoms with E-state index in [1.54, 1.807) is 47.5 Å². The molecule has 0 spiro atoms. The molecule has 234 valence electrons. The molecule has 0 N–H and O–H groups in total. The minimum atomic E-state index is -4.30. The van der Waals surface area contributed by atoms with Crippen molar-refractivity contribution in [3.8, 4) is 11.5 Å². The molecule has 0 saturated carbocycles. The van der Waals surface area contributed by atoms with Crippen LogP contribution in [0.1, 0.15) is 44.3 Å². The Morgan fingerprint density at radius 1 is 0.809 bits per heavy atom. The largest absolute Gasteiger partial charge is 0.478 e. The van der Waals surface area contributed by atoms with Crippen molar-refractivity contribution in [2.24, 2.45) is 0 Å². The van der Waals surface area contributed by atoms with Gasteiger partial charge in [-0.2, -0.15) is 8.42 Å². The number of nitrogens with zero attached hydrogens (tertiary/aromatic N) is 2. The molecule has 47 heavy (non-hydrogen) atoms. The standard InChI is InChI=1S/C38H29FN2O5S/c1-25-14-20-30(21-15-25)47(43,44)46-36-31-13-8-22-40-34(31)37(45-35(27-9-4-2-5-10-27)28-11-6-3-7-12-28)33-32(36)24-41(38(33)42)23-26-16-18-29(39)19-17-26/h2-22,35H,23-24H2,1H3. The maximum Gasteiger partial charge on any atom is 0.339 e. The molecule has 0 atom stereocenters. The lowest BCUT2D eigenvalue weighted by molar-refractivity contribution is 0.0762. The van der Waals surface area contributed by atoms with Gasteiger partial charge in [0.2, 0.25) is 0 Å². The summed E-state index contributed by atoms with van der Waals surface area (Å²) in [5.74, 6) is -0.533. The van der Waals surface area contributed by atoms with Gasteiger partial charge in [-0.15, -0.1) is 0 Å². The minimum Gasteiger partial charge on any atom is -0.478 e. The lowest BCUT2D eigenvalue weighted by Crippen LogP contribution is -2.23.